The molecule has 0 aliphatic heterocycles. The van der Waals surface area contributed by atoms with Crippen LogP contribution in [0.2, 0.25) is 0 Å². The molecule has 0 saturated heterocycles. The van der Waals surface area contributed by atoms with Crippen molar-refractivity contribution in [3.63, 3.8) is 0 Å². The zero-order valence-electron chi connectivity index (χ0n) is 16.5. The SMILES string of the molecule is CCCC#[N+]Cc1cccc(-c2ccc3ncnc(Nc4ccccc4)c3c2)c1. The molecular formula is C25H23N4+. The molecule has 3 aromatic carbocycles. The minimum atomic E-state index is 0.658. The molecule has 0 aliphatic rings. The molecule has 4 aromatic rings. The van der Waals surface area contributed by atoms with Crippen LogP contribution in [0.3, 0.4) is 0 Å². The number of anilines is 2. The number of nitrogens with zero attached hydrogens (tertiary/aromatic N) is 3. The van der Waals surface area contributed by atoms with Gasteiger partial charge in [-0.15, -0.1) is 0 Å². The molecule has 1 heterocycles. The number of rotatable bonds is 5. The summed E-state index contributed by atoms with van der Waals surface area (Å²) in [6, 6.07) is 27.9. The summed E-state index contributed by atoms with van der Waals surface area (Å²) < 4.78 is 0. The molecule has 0 bridgehead atoms. The van der Waals surface area contributed by atoms with Gasteiger partial charge in [-0.05, 0) is 47.9 Å². The van der Waals surface area contributed by atoms with E-state index >= 15 is 0 Å². The molecule has 4 rings (SSSR count). The topological polar surface area (TPSA) is 42.2 Å². The summed E-state index contributed by atoms with van der Waals surface area (Å²) in [5.41, 5.74) is 5.38. The Morgan fingerprint density at radius 2 is 1.76 bits per heavy atom. The average molecular weight is 379 g/mol. The minimum absolute atomic E-state index is 0.658. The Morgan fingerprint density at radius 3 is 2.62 bits per heavy atom. The van der Waals surface area contributed by atoms with Gasteiger partial charge in [0.05, 0.1) is 11.9 Å². The zero-order valence-corrected chi connectivity index (χ0v) is 16.5. The molecule has 0 spiro atoms. The number of fused-ring (bicyclic) bond motifs is 1. The van der Waals surface area contributed by atoms with Crippen LogP contribution in [0.5, 0.6) is 0 Å². The van der Waals surface area contributed by atoms with Crippen LogP contribution in [0, 0.1) is 6.07 Å². The third kappa shape index (κ3) is 4.59. The van der Waals surface area contributed by atoms with E-state index in [2.05, 4.69) is 69.5 Å². The molecule has 0 amide bonds. The highest BCUT2D eigenvalue weighted by Gasteiger charge is 2.08. The van der Waals surface area contributed by atoms with Crippen LogP contribution in [-0.2, 0) is 6.54 Å². The van der Waals surface area contributed by atoms with Gasteiger partial charge in [-0.1, -0.05) is 54.2 Å². The van der Waals surface area contributed by atoms with Crippen molar-refractivity contribution in [3.05, 3.63) is 89.5 Å². The second-order valence-corrected chi connectivity index (χ2v) is 6.87. The Kier molecular flexibility index (Phi) is 5.78. The number of benzene rings is 3. The van der Waals surface area contributed by atoms with Crippen LogP contribution in [0.4, 0.5) is 11.5 Å². The second kappa shape index (κ2) is 8.99. The highest BCUT2D eigenvalue weighted by molar-refractivity contribution is 5.93. The van der Waals surface area contributed by atoms with Crippen molar-refractivity contribution in [2.75, 3.05) is 5.32 Å². The summed E-state index contributed by atoms with van der Waals surface area (Å²) in [5.74, 6) is 0.804. The van der Waals surface area contributed by atoms with Crippen LogP contribution in [0.15, 0.2) is 79.1 Å². The van der Waals surface area contributed by atoms with E-state index in [-0.39, 0.29) is 0 Å². The van der Waals surface area contributed by atoms with E-state index < -0.39 is 0 Å². The molecule has 4 heteroatoms. The van der Waals surface area contributed by atoms with Gasteiger partial charge in [0.15, 0.2) is 0 Å². The molecule has 0 atom stereocenters. The lowest BCUT2D eigenvalue weighted by molar-refractivity contribution is 0.978. The highest BCUT2D eigenvalue weighted by Crippen LogP contribution is 2.29. The minimum Gasteiger partial charge on any atom is -0.340 e. The van der Waals surface area contributed by atoms with Crippen molar-refractivity contribution < 1.29 is 0 Å². The van der Waals surface area contributed by atoms with Gasteiger partial charge >= 0.3 is 0 Å². The number of nitrogens with one attached hydrogen (secondary N) is 1. The molecule has 29 heavy (non-hydrogen) atoms. The summed E-state index contributed by atoms with van der Waals surface area (Å²) in [5, 5.41) is 4.40. The largest absolute Gasteiger partial charge is 0.340 e. The maximum atomic E-state index is 4.47. The van der Waals surface area contributed by atoms with Gasteiger partial charge in [-0.3, -0.25) is 0 Å². The number of hydrogen-bond acceptors (Lipinski definition) is 3. The summed E-state index contributed by atoms with van der Waals surface area (Å²) in [4.78, 5) is 13.3. The van der Waals surface area contributed by atoms with Gasteiger partial charge in [-0.25, -0.2) is 9.97 Å². The van der Waals surface area contributed by atoms with Gasteiger partial charge in [0, 0.05) is 16.6 Å². The third-order valence-corrected chi connectivity index (χ3v) is 4.67. The van der Waals surface area contributed by atoms with Crippen molar-refractivity contribution in [2.24, 2.45) is 0 Å². The van der Waals surface area contributed by atoms with E-state index in [0.717, 1.165) is 46.4 Å². The zero-order chi connectivity index (χ0) is 19.9. The predicted molar refractivity (Wildman–Crippen MR) is 121 cm³/mol. The standard InChI is InChI=1S/C25H23N4/c1-2-3-14-26-17-19-8-7-9-20(15-19)21-12-13-24-23(16-21)25(28-18-27-24)29-22-10-5-4-6-11-22/h4-13,15-16,18H,2-3,17H2,1H3,(H,27,28,29)/q+1. The fraction of sp³-hybridized carbons (Fsp3) is 0.160. The first-order valence-electron chi connectivity index (χ1n) is 9.89. The summed E-state index contributed by atoms with van der Waals surface area (Å²) in [6.45, 7) is 2.79. The number of hydrogen-bond donors (Lipinski definition) is 1. The highest BCUT2D eigenvalue weighted by atomic mass is 15.0. The lowest BCUT2D eigenvalue weighted by Gasteiger charge is -2.10. The van der Waals surface area contributed by atoms with E-state index in [4.69, 9.17) is 0 Å². The fourth-order valence-corrected chi connectivity index (χ4v) is 3.18. The molecule has 0 aliphatic carbocycles. The fourth-order valence-electron chi connectivity index (χ4n) is 3.18. The average Bonchev–Trinajstić information content (AvgIpc) is 2.78. The quantitative estimate of drug-likeness (QED) is 0.421. The molecule has 0 fully saturated rings. The van der Waals surface area contributed by atoms with Crippen molar-refractivity contribution in [1.29, 1.82) is 0 Å². The second-order valence-electron chi connectivity index (χ2n) is 6.87. The molecule has 1 aromatic heterocycles. The van der Waals surface area contributed by atoms with E-state index in [1.807, 2.05) is 36.4 Å². The van der Waals surface area contributed by atoms with Crippen LogP contribution < -0.4 is 5.32 Å². The van der Waals surface area contributed by atoms with Crippen LogP contribution in [0.25, 0.3) is 26.9 Å². The van der Waals surface area contributed by atoms with E-state index in [9.17, 15) is 0 Å². The van der Waals surface area contributed by atoms with Gasteiger partial charge in [0.2, 0.25) is 0 Å². The molecule has 0 saturated carbocycles. The molecule has 0 radical (unpaired) electrons. The van der Waals surface area contributed by atoms with E-state index in [1.165, 1.54) is 5.56 Å². The number of aromatic nitrogens is 2. The van der Waals surface area contributed by atoms with Gasteiger partial charge in [0.25, 0.3) is 12.6 Å². The molecular weight excluding hydrogens is 356 g/mol. The lowest BCUT2D eigenvalue weighted by atomic mass is 10.0. The Balaban J connectivity index is 1.67. The van der Waals surface area contributed by atoms with Gasteiger partial charge in [-0.2, -0.15) is 0 Å². The number of unbranched alkanes of at least 4 members (excludes halogenated alkanes) is 1. The monoisotopic (exact) mass is 379 g/mol. The molecule has 0 unspecified atom stereocenters. The van der Waals surface area contributed by atoms with Crippen LogP contribution >= 0.6 is 0 Å². The smallest absolute Gasteiger partial charge is 0.288 e. The maximum Gasteiger partial charge on any atom is 0.288 e. The Bertz CT molecular complexity index is 1170. The normalized spacial score (nSPS) is 10.4. The predicted octanol–water partition coefficient (Wildman–Crippen LogP) is 6.67. The molecule has 1 N–H and O–H groups in total. The Morgan fingerprint density at radius 1 is 0.897 bits per heavy atom. The Hall–Kier alpha value is -3.71. The van der Waals surface area contributed by atoms with E-state index in [0.29, 0.717) is 6.54 Å². The summed E-state index contributed by atoms with van der Waals surface area (Å²) in [7, 11) is 0. The third-order valence-electron chi connectivity index (χ3n) is 4.67. The Labute approximate surface area is 171 Å². The maximum absolute atomic E-state index is 4.47. The molecule has 142 valence electrons. The first-order valence-corrected chi connectivity index (χ1v) is 9.89. The van der Waals surface area contributed by atoms with E-state index in [1.54, 1.807) is 6.33 Å². The first-order chi connectivity index (χ1) is 14.3. The number of para-hydroxylation sites is 1. The van der Waals surface area contributed by atoms with Crippen molar-refractivity contribution in [1.82, 2.24) is 9.97 Å². The van der Waals surface area contributed by atoms with Crippen LogP contribution in [-0.4, -0.2) is 9.97 Å². The molecule has 4 nitrogen and oxygen atoms in total. The van der Waals surface area contributed by atoms with Gasteiger partial charge in [0.1, 0.15) is 12.1 Å². The van der Waals surface area contributed by atoms with Crippen LogP contribution in [0.1, 0.15) is 25.3 Å². The van der Waals surface area contributed by atoms with Crippen molar-refractivity contribution in [2.45, 2.75) is 26.3 Å². The van der Waals surface area contributed by atoms with Crippen molar-refractivity contribution >= 4 is 22.4 Å². The van der Waals surface area contributed by atoms with Crippen molar-refractivity contribution in [3.8, 4) is 17.2 Å². The summed E-state index contributed by atoms with van der Waals surface area (Å²) in [6.07, 6.45) is 3.57. The summed E-state index contributed by atoms with van der Waals surface area (Å²) >= 11 is 0. The van der Waals surface area contributed by atoms with Gasteiger partial charge < -0.3 is 5.32 Å². The lowest BCUT2D eigenvalue weighted by Crippen LogP contribution is -1.96. The first kappa shape index (κ1) is 18.6.